The van der Waals surface area contributed by atoms with Crippen LogP contribution in [0.15, 0.2) is 4.99 Å². The average Bonchev–Trinajstić information content (AvgIpc) is 3.10. The Morgan fingerprint density at radius 3 is 2.37 bits per heavy atom. The van der Waals surface area contributed by atoms with E-state index in [0.29, 0.717) is 6.42 Å². The number of carbonyl (C=O) groups is 2. The van der Waals surface area contributed by atoms with Crippen LogP contribution < -0.4 is 10.6 Å². The summed E-state index contributed by atoms with van der Waals surface area (Å²) in [6.07, 6.45) is 1.53. The van der Waals surface area contributed by atoms with Crippen molar-refractivity contribution in [2.45, 2.75) is 39.7 Å². The summed E-state index contributed by atoms with van der Waals surface area (Å²) in [4.78, 5) is 34.0. The number of hydrogen-bond acceptors (Lipinski definition) is 4. The Kier molecular flexibility index (Phi) is 11.0. The molecule has 156 valence electrons. The minimum atomic E-state index is 0. The lowest BCUT2D eigenvalue weighted by Crippen LogP contribution is -2.49. The van der Waals surface area contributed by atoms with E-state index in [-0.39, 0.29) is 41.8 Å². The predicted molar refractivity (Wildman–Crippen MR) is 118 cm³/mol. The second-order valence-electron chi connectivity index (χ2n) is 6.93. The van der Waals surface area contributed by atoms with Gasteiger partial charge in [0.05, 0.1) is 6.54 Å². The molecule has 2 fully saturated rings. The zero-order valence-electron chi connectivity index (χ0n) is 16.9. The highest BCUT2D eigenvalue weighted by Gasteiger charge is 2.25. The zero-order valence-corrected chi connectivity index (χ0v) is 19.2. The molecule has 0 bridgehead atoms. The fourth-order valence-electron chi connectivity index (χ4n) is 3.43. The van der Waals surface area contributed by atoms with E-state index in [1.54, 1.807) is 6.92 Å². The summed E-state index contributed by atoms with van der Waals surface area (Å²) in [7, 11) is 0. The Balaban J connectivity index is 0.00000364. The molecule has 8 nitrogen and oxygen atoms in total. The van der Waals surface area contributed by atoms with Crippen LogP contribution >= 0.6 is 24.0 Å². The number of rotatable bonds is 6. The number of guanidine groups is 1. The van der Waals surface area contributed by atoms with Gasteiger partial charge in [0, 0.05) is 71.7 Å². The molecule has 2 saturated heterocycles. The number of hydrogen-bond donors (Lipinski definition) is 2. The Bertz CT molecular complexity index is 508. The number of carbonyl (C=O) groups excluding carboxylic acids is 2. The van der Waals surface area contributed by atoms with E-state index >= 15 is 0 Å². The third-order valence-corrected chi connectivity index (χ3v) is 5.03. The summed E-state index contributed by atoms with van der Waals surface area (Å²) in [5.41, 5.74) is 0. The quantitative estimate of drug-likeness (QED) is 0.316. The summed E-state index contributed by atoms with van der Waals surface area (Å²) in [5.74, 6) is 1.21. The van der Waals surface area contributed by atoms with Gasteiger partial charge < -0.3 is 20.4 Å². The number of nitrogens with one attached hydrogen (secondary N) is 2. The number of amides is 2. The summed E-state index contributed by atoms with van der Waals surface area (Å²) in [5, 5.41) is 6.75. The largest absolute Gasteiger partial charge is 0.357 e. The predicted octanol–water partition coefficient (Wildman–Crippen LogP) is 0.335. The van der Waals surface area contributed by atoms with Gasteiger partial charge in [-0.05, 0) is 13.3 Å². The van der Waals surface area contributed by atoms with Crippen LogP contribution in [0, 0.1) is 0 Å². The van der Waals surface area contributed by atoms with E-state index in [9.17, 15) is 9.59 Å². The first-order chi connectivity index (χ1) is 12.5. The van der Waals surface area contributed by atoms with Crippen molar-refractivity contribution in [2.24, 2.45) is 4.99 Å². The van der Waals surface area contributed by atoms with Gasteiger partial charge in [-0.2, -0.15) is 0 Å². The highest BCUT2D eigenvalue weighted by atomic mass is 127. The van der Waals surface area contributed by atoms with Crippen molar-refractivity contribution in [1.82, 2.24) is 25.3 Å². The second-order valence-corrected chi connectivity index (χ2v) is 6.93. The van der Waals surface area contributed by atoms with E-state index < -0.39 is 0 Å². The van der Waals surface area contributed by atoms with Gasteiger partial charge in [0.25, 0.3) is 0 Å². The molecule has 0 spiro atoms. The van der Waals surface area contributed by atoms with Crippen molar-refractivity contribution < 1.29 is 9.59 Å². The maximum atomic E-state index is 11.8. The smallest absolute Gasteiger partial charge is 0.222 e. The molecule has 2 rings (SSSR count). The van der Waals surface area contributed by atoms with Crippen LogP contribution in [0.5, 0.6) is 0 Å². The molecular formula is C18H35IN6O2. The zero-order chi connectivity index (χ0) is 18.9. The molecule has 27 heavy (non-hydrogen) atoms. The Morgan fingerprint density at radius 1 is 1.07 bits per heavy atom. The summed E-state index contributed by atoms with van der Waals surface area (Å²) >= 11 is 0. The lowest BCUT2D eigenvalue weighted by atomic mass is 10.3. The summed E-state index contributed by atoms with van der Waals surface area (Å²) < 4.78 is 0. The maximum Gasteiger partial charge on any atom is 0.222 e. The average molecular weight is 494 g/mol. The molecule has 2 heterocycles. The third kappa shape index (κ3) is 7.81. The fourth-order valence-corrected chi connectivity index (χ4v) is 3.43. The Labute approximate surface area is 180 Å². The van der Waals surface area contributed by atoms with Gasteiger partial charge in [-0.3, -0.25) is 19.5 Å². The first-order valence-electron chi connectivity index (χ1n) is 9.84. The molecule has 0 saturated carbocycles. The SMILES string of the molecule is CCNC(=NCCN1CCN(C(C)=O)CC1)NC1CCN(C(=O)CC)C1.I. The van der Waals surface area contributed by atoms with E-state index in [1.165, 1.54) is 0 Å². The van der Waals surface area contributed by atoms with Crippen molar-refractivity contribution in [3.05, 3.63) is 0 Å². The van der Waals surface area contributed by atoms with Crippen LogP contribution in [0.3, 0.4) is 0 Å². The van der Waals surface area contributed by atoms with Gasteiger partial charge in [0.15, 0.2) is 5.96 Å². The van der Waals surface area contributed by atoms with Crippen molar-refractivity contribution in [2.75, 3.05) is 58.9 Å². The molecule has 1 unspecified atom stereocenters. The number of halogens is 1. The molecule has 2 aliphatic rings. The van der Waals surface area contributed by atoms with E-state index in [1.807, 2.05) is 16.7 Å². The molecule has 9 heteroatoms. The lowest BCUT2D eigenvalue weighted by molar-refractivity contribution is -0.131. The lowest BCUT2D eigenvalue weighted by Gasteiger charge is -2.33. The molecule has 0 aromatic rings. The van der Waals surface area contributed by atoms with Crippen LogP contribution in [0.1, 0.15) is 33.6 Å². The molecule has 0 aliphatic carbocycles. The first-order valence-corrected chi connectivity index (χ1v) is 9.84. The van der Waals surface area contributed by atoms with E-state index in [2.05, 4.69) is 27.4 Å². The van der Waals surface area contributed by atoms with Crippen molar-refractivity contribution in [1.29, 1.82) is 0 Å². The van der Waals surface area contributed by atoms with Crippen LogP contribution in [0.4, 0.5) is 0 Å². The molecule has 0 radical (unpaired) electrons. The minimum Gasteiger partial charge on any atom is -0.357 e. The molecule has 2 amide bonds. The Morgan fingerprint density at radius 2 is 1.78 bits per heavy atom. The molecular weight excluding hydrogens is 459 g/mol. The van der Waals surface area contributed by atoms with Gasteiger partial charge in [-0.25, -0.2) is 0 Å². The fraction of sp³-hybridized carbons (Fsp3) is 0.833. The standard InChI is InChI=1S/C18H34N6O2.HI/c1-4-17(26)24-8-6-16(14-24)21-18(19-5-2)20-7-9-22-10-12-23(13-11-22)15(3)25;/h16H,4-14H2,1-3H3,(H2,19,20,21);1H. The van der Waals surface area contributed by atoms with Crippen LogP contribution in [-0.4, -0.2) is 97.4 Å². The van der Waals surface area contributed by atoms with Gasteiger partial charge in [-0.1, -0.05) is 6.92 Å². The molecule has 0 aromatic carbocycles. The molecule has 1 atom stereocenters. The molecule has 0 aromatic heterocycles. The van der Waals surface area contributed by atoms with Crippen molar-refractivity contribution in [3.8, 4) is 0 Å². The van der Waals surface area contributed by atoms with E-state index in [0.717, 1.165) is 71.3 Å². The normalized spacial score (nSPS) is 21.0. The number of piperazine rings is 1. The Hall–Kier alpha value is -1.10. The maximum absolute atomic E-state index is 11.8. The summed E-state index contributed by atoms with van der Waals surface area (Å²) in [6.45, 7) is 13.0. The number of likely N-dealkylation sites (tertiary alicyclic amines) is 1. The monoisotopic (exact) mass is 494 g/mol. The van der Waals surface area contributed by atoms with Gasteiger partial charge in [0.2, 0.25) is 11.8 Å². The molecule has 2 aliphatic heterocycles. The van der Waals surface area contributed by atoms with Crippen molar-refractivity contribution in [3.63, 3.8) is 0 Å². The van der Waals surface area contributed by atoms with Crippen molar-refractivity contribution >= 4 is 41.8 Å². The first kappa shape index (κ1) is 23.9. The highest BCUT2D eigenvalue weighted by Crippen LogP contribution is 2.10. The molecule has 2 N–H and O–H groups in total. The summed E-state index contributed by atoms with van der Waals surface area (Å²) in [6, 6.07) is 0.266. The minimum absolute atomic E-state index is 0. The number of nitrogens with zero attached hydrogens (tertiary/aromatic N) is 4. The number of aliphatic imine (C=N–C) groups is 1. The van der Waals surface area contributed by atoms with Crippen LogP contribution in [-0.2, 0) is 9.59 Å². The van der Waals surface area contributed by atoms with Gasteiger partial charge in [0.1, 0.15) is 0 Å². The van der Waals surface area contributed by atoms with Crippen LogP contribution in [0.2, 0.25) is 0 Å². The topological polar surface area (TPSA) is 80.3 Å². The highest BCUT2D eigenvalue weighted by molar-refractivity contribution is 14.0. The van der Waals surface area contributed by atoms with E-state index in [4.69, 9.17) is 0 Å². The van der Waals surface area contributed by atoms with Gasteiger partial charge >= 0.3 is 0 Å². The van der Waals surface area contributed by atoms with Crippen LogP contribution in [0.25, 0.3) is 0 Å². The second kappa shape index (κ2) is 12.4. The third-order valence-electron chi connectivity index (χ3n) is 5.03. The van der Waals surface area contributed by atoms with Gasteiger partial charge in [-0.15, -0.1) is 24.0 Å².